The largest absolute Gasteiger partial charge is 0.496 e. The fourth-order valence-corrected chi connectivity index (χ4v) is 3.99. The molecule has 0 aliphatic carbocycles. The predicted molar refractivity (Wildman–Crippen MR) is 118 cm³/mol. The van der Waals surface area contributed by atoms with Gasteiger partial charge in [-0.15, -0.1) is 11.3 Å². The fourth-order valence-electron chi connectivity index (χ4n) is 3.29. The molecule has 0 saturated carbocycles. The van der Waals surface area contributed by atoms with Gasteiger partial charge < -0.3 is 4.74 Å². The molecule has 0 radical (unpaired) electrons. The molecule has 0 fully saturated rings. The Labute approximate surface area is 181 Å². The minimum Gasteiger partial charge on any atom is -0.496 e. The molecule has 1 amide bonds. The first-order valence-electron chi connectivity index (χ1n) is 9.53. The van der Waals surface area contributed by atoms with Crippen LogP contribution in [0.15, 0.2) is 46.6 Å². The van der Waals surface area contributed by atoms with Crippen molar-refractivity contribution in [1.82, 2.24) is 14.8 Å². The Balaban J connectivity index is 1.69. The van der Waals surface area contributed by atoms with Crippen molar-refractivity contribution in [1.29, 1.82) is 0 Å². The number of rotatable bonds is 5. The molecule has 2 heterocycles. The molecule has 0 atom stereocenters. The molecule has 4 rings (SSSR count). The van der Waals surface area contributed by atoms with E-state index in [1.54, 1.807) is 12.5 Å². The van der Waals surface area contributed by atoms with E-state index >= 15 is 0 Å². The van der Waals surface area contributed by atoms with Crippen LogP contribution in [0.3, 0.4) is 0 Å². The number of carbonyl (C=O) groups excluding carboxylic acids is 1. The first-order chi connectivity index (χ1) is 14.9. The molecule has 4 aromatic rings. The maximum absolute atomic E-state index is 13.7. The molecule has 0 saturated heterocycles. The summed E-state index contributed by atoms with van der Waals surface area (Å²) < 4.78 is 20.6. The van der Waals surface area contributed by atoms with Crippen LogP contribution in [0, 0.1) is 12.7 Å². The van der Waals surface area contributed by atoms with Gasteiger partial charge in [0.2, 0.25) is 5.43 Å². The van der Waals surface area contributed by atoms with Crippen LogP contribution in [-0.2, 0) is 6.54 Å². The second-order valence-corrected chi connectivity index (χ2v) is 7.71. The van der Waals surface area contributed by atoms with Gasteiger partial charge in [0.1, 0.15) is 11.6 Å². The van der Waals surface area contributed by atoms with Crippen LogP contribution in [0.5, 0.6) is 5.75 Å². The lowest BCUT2D eigenvalue weighted by Gasteiger charge is -2.10. The minimum absolute atomic E-state index is 0.103. The molecule has 0 bridgehead atoms. The summed E-state index contributed by atoms with van der Waals surface area (Å²) in [5, 5.41) is 9.01. The Morgan fingerprint density at radius 2 is 2.06 bits per heavy atom. The molecule has 2 aromatic carbocycles. The maximum atomic E-state index is 13.7. The first kappa shape index (κ1) is 20.7. The van der Waals surface area contributed by atoms with Crippen molar-refractivity contribution in [3.63, 3.8) is 0 Å². The average Bonchev–Trinajstić information content (AvgIpc) is 3.22. The highest BCUT2D eigenvalue weighted by atomic mass is 32.1. The number of anilines is 1. The number of thiazole rings is 1. The maximum Gasteiger partial charge on any atom is 0.281 e. The Bertz CT molecular complexity index is 1360. The lowest BCUT2D eigenvalue weighted by Crippen LogP contribution is -2.27. The summed E-state index contributed by atoms with van der Waals surface area (Å²) in [4.78, 5) is 30.1. The molecule has 1 N–H and O–H groups in total. The fraction of sp³-hybridized carbons (Fsp3) is 0.182. The molecule has 0 aliphatic rings. The summed E-state index contributed by atoms with van der Waals surface area (Å²) in [6.07, 6.45) is 0. The SMILES string of the molecule is CCn1nc(C(=O)Nc2nc(-c3cc(C)ccc3OC)cs2)c(=O)c2cc(F)ccc21. The van der Waals surface area contributed by atoms with Crippen LogP contribution >= 0.6 is 11.3 Å². The topological polar surface area (TPSA) is 86.1 Å². The van der Waals surface area contributed by atoms with Crippen LogP contribution < -0.4 is 15.5 Å². The molecule has 7 nitrogen and oxygen atoms in total. The van der Waals surface area contributed by atoms with Crippen LogP contribution in [0.25, 0.3) is 22.2 Å². The third kappa shape index (κ3) is 3.91. The van der Waals surface area contributed by atoms with Crippen LogP contribution in [0.4, 0.5) is 9.52 Å². The number of halogens is 1. The number of amides is 1. The average molecular weight is 438 g/mol. The van der Waals surface area contributed by atoms with Crippen LogP contribution in [0.2, 0.25) is 0 Å². The number of carbonyl (C=O) groups is 1. The number of hydrogen-bond donors (Lipinski definition) is 1. The monoisotopic (exact) mass is 438 g/mol. The smallest absolute Gasteiger partial charge is 0.281 e. The molecular weight excluding hydrogens is 419 g/mol. The number of hydrogen-bond acceptors (Lipinski definition) is 6. The van der Waals surface area contributed by atoms with E-state index in [2.05, 4.69) is 15.4 Å². The third-order valence-corrected chi connectivity index (χ3v) is 5.55. The van der Waals surface area contributed by atoms with E-state index in [9.17, 15) is 14.0 Å². The Kier molecular flexibility index (Phi) is 5.51. The van der Waals surface area contributed by atoms with Crippen molar-refractivity contribution >= 4 is 33.3 Å². The van der Waals surface area contributed by atoms with Crippen molar-refractivity contribution in [3.05, 3.63) is 69.1 Å². The van der Waals surface area contributed by atoms with Gasteiger partial charge in [0, 0.05) is 17.5 Å². The van der Waals surface area contributed by atoms with Crippen molar-refractivity contribution < 1.29 is 13.9 Å². The number of ether oxygens (including phenoxy) is 1. The van der Waals surface area contributed by atoms with Crippen LogP contribution in [0.1, 0.15) is 23.0 Å². The lowest BCUT2D eigenvalue weighted by molar-refractivity contribution is 0.101. The first-order valence-corrected chi connectivity index (χ1v) is 10.4. The zero-order chi connectivity index (χ0) is 22.1. The van der Waals surface area contributed by atoms with Gasteiger partial charge in [0.05, 0.1) is 23.7 Å². The summed E-state index contributed by atoms with van der Waals surface area (Å²) in [6, 6.07) is 9.59. The van der Waals surface area contributed by atoms with E-state index in [-0.39, 0.29) is 11.1 Å². The van der Waals surface area contributed by atoms with Gasteiger partial charge in [0.25, 0.3) is 5.91 Å². The quantitative estimate of drug-likeness (QED) is 0.504. The predicted octanol–water partition coefficient (Wildman–Crippen LogP) is 4.25. The highest BCUT2D eigenvalue weighted by molar-refractivity contribution is 7.14. The van der Waals surface area contributed by atoms with Gasteiger partial charge in [-0.05, 0) is 44.2 Å². The molecule has 9 heteroatoms. The summed E-state index contributed by atoms with van der Waals surface area (Å²) in [7, 11) is 1.58. The number of nitrogens with zero attached hydrogens (tertiary/aromatic N) is 3. The van der Waals surface area contributed by atoms with Crippen molar-refractivity contribution in [2.75, 3.05) is 12.4 Å². The summed E-state index contributed by atoms with van der Waals surface area (Å²) in [6.45, 7) is 4.20. The normalized spacial score (nSPS) is 11.0. The molecule has 0 unspecified atom stereocenters. The zero-order valence-corrected chi connectivity index (χ0v) is 17.9. The van der Waals surface area contributed by atoms with Crippen LogP contribution in [-0.4, -0.2) is 27.8 Å². The highest BCUT2D eigenvalue weighted by Gasteiger charge is 2.19. The Morgan fingerprint density at radius 1 is 1.26 bits per heavy atom. The number of methoxy groups -OCH3 is 1. The summed E-state index contributed by atoms with van der Waals surface area (Å²) in [5.74, 6) is -0.588. The third-order valence-electron chi connectivity index (χ3n) is 4.79. The molecule has 158 valence electrons. The van der Waals surface area contributed by atoms with Gasteiger partial charge in [-0.1, -0.05) is 11.6 Å². The van der Waals surface area contributed by atoms with E-state index in [1.807, 2.05) is 32.0 Å². The lowest BCUT2D eigenvalue weighted by atomic mass is 10.1. The molecule has 0 aliphatic heterocycles. The minimum atomic E-state index is -0.699. The van der Waals surface area contributed by atoms with Gasteiger partial charge in [-0.25, -0.2) is 9.37 Å². The van der Waals surface area contributed by atoms with Gasteiger partial charge >= 0.3 is 0 Å². The van der Waals surface area contributed by atoms with E-state index < -0.39 is 17.2 Å². The second-order valence-electron chi connectivity index (χ2n) is 6.85. The number of aryl methyl sites for hydroxylation is 2. The number of fused-ring (bicyclic) bond motifs is 1. The zero-order valence-electron chi connectivity index (χ0n) is 17.1. The number of nitrogens with one attached hydrogen (secondary N) is 1. The van der Waals surface area contributed by atoms with E-state index in [1.165, 1.54) is 28.2 Å². The summed E-state index contributed by atoms with van der Waals surface area (Å²) in [5.41, 5.74) is 2.00. The second kappa shape index (κ2) is 8.27. The number of aromatic nitrogens is 3. The Morgan fingerprint density at radius 3 is 2.81 bits per heavy atom. The van der Waals surface area contributed by atoms with E-state index in [0.29, 0.717) is 28.6 Å². The van der Waals surface area contributed by atoms with Crippen molar-refractivity contribution in [3.8, 4) is 17.0 Å². The summed E-state index contributed by atoms with van der Waals surface area (Å²) >= 11 is 1.22. The van der Waals surface area contributed by atoms with E-state index in [0.717, 1.165) is 17.2 Å². The highest BCUT2D eigenvalue weighted by Crippen LogP contribution is 2.33. The Hall–Kier alpha value is -3.59. The van der Waals surface area contributed by atoms with Gasteiger partial charge in [0.15, 0.2) is 10.8 Å². The molecular formula is C22H19FN4O3S. The van der Waals surface area contributed by atoms with Gasteiger partial charge in [-0.2, -0.15) is 5.10 Å². The molecule has 31 heavy (non-hydrogen) atoms. The van der Waals surface area contributed by atoms with Crippen molar-refractivity contribution in [2.24, 2.45) is 0 Å². The van der Waals surface area contributed by atoms with Crippen molar-refractivity contribution in [2.45, 2.75) is 20.4 Å². The van der Waals surface area contributed by atoms with Gasteiger partial charge in [-0.3, -0.25) is 19.6 Å². The standard InChI is InChI=1S/C22H19FN4O3S/c1-4-27-17-7-6-13(23)10-15(17)20(28)19(26-27)21(29)25-22-24-16(11-31-22)14-9-12(2)5-8-18(14)30-3/h5-11H,4H2,1-3H3,(H,24,25,29). The molecule has 2 aromatic heterocycles. The van der Waals surface area contributed by atoms with E-state index in [4.69, 9.17) is 4.74 Å². The molecule has 0 spiro atoms. The number of benzene rings is 2.